The number of methoxy groups -OCH3 is 1. The first-order valence-corrected chi connectivity index (χ1v) is 9.13. The highest BCUT2D eigenvalue weighted by atomic mass is 16.5. The van der Waals surface area contributed by atoms with Crippen LogP contribution in [0.25, 0.3) is 0 Å². The monoisotopic (exact) mass is 358 g/mol. The Hall–Kier alpha value is -2.50. The van der Waals surface area contributed by atoms with Crippen molar-refractivity contribution in [3.63, 3.8) is 0 Å². The minimum absolute atomic E-state index is 0.255. The molecule has 26 heavy (non-hydrogen) atoms. The first kappa shape index (κ1) is 19.8. The number of benzene rings is 1. The van der Waals surface area contributed by atoms with Gasteiger partial charge < -0.3 is 19.9 Å². The number of ether oxygens (including phenoxy) is 1. The number of hydrogen-bond donors (Lipinski definition) is 2. The van der Waals surface area contributed by atoms with Crippen molar-refractivity contribution in [3.8, 4) is 5.75 Å². The molecule has 0 saturated carbocycles. The maximum Gasteiger partial charge on any atom is 0.191 e. The minimum Gasteiger partial charge on any atom is -0.496 e. The van der Waals surface area contributed by atoms with E-state index >= 15 is 0 Å². The molecule has 0 aliphatic rings. The van der Waals surface area contributed by atoms with E-state index < -0.39 is 0 Å². The predicted molar refractivity (Wildman–Crippen MR) is 105 cm³/mol. The van der Waals surface area contributed by atoms with Crippen molar-refractivity contribution in [2.75, 3.05) is 26.7 Å². The van der Waals surface area contributed by atoms with Crippen LogP contribution >= 0.6 is 0 Å². The first-order chi connectivity index (χ1) is 12.6. The molecule has 142 valence electrons. The van der Waals surface area contributed by atoms with Gasteiger partial charge in [-0.15, -0.1) is 0 Å². The summed E-state index contributed by atoms with van der Waals surface area (Å²) in [5.41, 5.74) is 3.28. The van der Waals surface area contributed by atoms with E-state index in [9.17, 15) is 0 Å². The van der Waals surface area contributed by atoms with Crippen LogP contribution in [0.4, 0.5) is 0 Å². The van der Waals surface area contributed by atoms with E-state index in [1.807, 2.05) is 32.0 Å². The highest BCUT2D eigenvalue weighted by Crippen LogP contribution is 2.23. The summed E-state index contributed by atoms with van der Waals surface area (Å²) in [5, 5.41) is 10.7. The summed E-state index contributed by atoms with van der Waals surface area (Å²) >= 11 is 0. The number of aryl methyl sites for hydroxylation is 2. The fraction of sp³-hybridized carbons (Fsp3) is 0.500. The molecule has 1 aromatic carbocycles. The Morgan fingerprint density at radius 3 is 2.69 bits per heavy atom. The Kier molecular flexibility index (Phi) is 7.51. The van der Waals surface area contributed by atoms with E-state index in [1.165, 1.54) is 5.56 Å². The first-order valence-electron chi connectivity index (χ1n) is 9.13. The third kappa shape index (κ3) is 5.25. The van der Waals surface area contributed by atoms with Crippen LogP contribution in [0.2, 0.25) is 0 Å². The third-order valence-electron chi connectivity index (χ3n) is 4.33. The normalized spacial score (nSPS) is 12.7. The van der Waals surface area contributed by atoms with Crippen LogP contribution in [-0.2, 0) is 6.42 Å². The van der Waals surface area contributed by atoms with Gasteiger partial charge in [0.2, 0.25) is 0 Å². The summed E-state index contributed by atoms with van der Waals surface area (Å²) in [5.74, 6) is 2.87. The molecular weight excluding hydrogens is 328 g/mol. The lowest BCUT2D eigenvalue weighted by atomic mass is 10.00. The fourth-order valence-corrected chi connectivity index (χ4v) is 3.08. The predicted octanol–water partition coefficient (Wildman–Crippen LogP) is 3.20. The van der Waals surface area contributed by atoms with Gasteiger partial charge in [0.15, 0.2) is 5.96 Å². The molecule has 0 bridgehead atoms. The zero-order chi connectivity index (χ0) is 18.9. The summed E-state index contributed by atoms with van der Waals surface area (Å²) in [4.78, 5) is 4.72. The number of para-hydroxylation sites is 1. The van der Waals surface area contributed by atoms with Gasteiger partial charge in [0.1, 0.15) is 11.5 Å². The van der Waals surface area contributed by atoms with Gasteiger partial charge in [0, 0.05) is 31.1 Å². The summed E-state index contributed by atoms with van der Waals surface area (Å²) in [7, 11) is 1.70. The van der Waals surface area contributed by atoms with E-state index in [-0.39, 0.29) is 5.92 Å². The van der Waals surface area contributed by atoms with Crippen LogP contribution in [-0.4, -0.2) is 37.9 Å². The lowest BCUT2D eigenvalue weighted by Crippen LogP contribution is -2.38. The number of aromatic nitrogens is 1. The summed E-state index contributed by atoms with van der Waals surface area (Å²) in [6.07, 6.45) is 0.869. The molecule has 6 nitrogen and oxygen atoms in total. The van der Waals surface area contributed by atoms with E-state index in [1.54, 1.807) is 7.11 Å². The maximum atomic E-state index is 5.40. The average molecular weight is 358 g/mol. The number of rotatable bonds is 8. The van der Waals surface area contributed by atoms with Gasteiger partial charge in [-0.25, -0.2) is 0 Å². The summed E-state index contributed by atoms with van der Waals surface area (Å²) in [6.45, 7) is 10.4. The van der Waals surface area contributed by atoms with Crippen molar-refractivity contribution in [2.45, 2.75) is 40.0 Å². The van der Waals surface area contributed by atoms with E-state index in [4.69, 9.17) is 14.3 Å². The van der Waals surface area contributed by atoms with Crippen molar-refractivity contribution < 1.29 is 9.26 Å². The highest BCUT2D eigenvalue weighted by molar-refractivity contribution is 5.79. The molecule has 0 spiro atoms. The Bertz CT molecular complexity index is 705. The largest absolute Gasteiger partial charge is 0.496 e. The molecule has 1 aromatic heterocycles. The quantitative estimate of drug-likeness (QED) is 0.560. The second kappa shape index (κ2) is 9.85. The van der Waals surface area contributed by atoms with Gasteiger partial charge in [0.05, 0.1) is 12.8 Å². The van der Waals surface area contributed by atoms with E-state index in [0.29, 0.717) is 6.54 Å². The molecule has 2 rings (SSSR count). The second-order valence-electron chi connectivity index (χ2n) is 6.35. The second-order valence-corrected chi connectivity index (χ2v) is 6.35. The minimum atomic E-state index is 0.255. The van der Waals surface area contributed by atoms with Crippen molar-refractivity contribution in [3.05, 3.63) is 46.8 Å². The molecular formula is C20H30N4O2. The Morgan fingerprint density at radius 2 is 2.04 bits per heavy atom. The van der Waals surface area contributed by atoms with Crippen molar-refractivity contribution in [1.82, 2.24) is 15.8 Å². The van der Waals surface area contributed by atoms with Gasteiger partial charge in [-0.05, 0) is 38.8 Å². The SMILES string of the molecule is CCNC(=NCC(C)c1c(C)noc1C)NCCc1ccccc1OC. The summed E-state index contributed by atoms with van der Waals surface area (Å²) < 4.78 is 10.7. The number of hydrogen-bond acceptors (Lipinski definition) is 4. The van der Waals surface area contributed by atoms with Crippen molar-refractivity contribution in [2.24, 2.45) is 4.99 Å². The topological polar surface area (TPSA) is 71.7 Å². The lowest BCUT2D eigenvalue weighted by Gasteiger charge is -2.14. The maximum absolute atomic E-state index is 5.40. The van der Waals surface area contributed by atoms with Crippen LogP contribution in [0, 0.1) is 13.8 Å². The number of guanidine groups is 1. The van der Waals surface area contributed by atoms with Gasteiger partial charge in [0.25, 0.3) is 0 Å². The molecule has 6 heteroatoms. The smallest absolute Gasteiger partial charge is 0.191 e. The van der Waals surface area contributed by atoms with Gasteiger partial charge >= 0.3 is 0 Å². The van der Waals surface area contributed by atoms with Gasteiger partial charge in [-0.2, -0.15) is 0 Å². The molecule has 1 heterocycles. The van der Waals surface area contributed by atoms with Crippen LogP contribution in [0.3, 0.4) is 0 Å². The third-order valence-corrected chi connectivity index (χ3v) is 4.33. The average Bonchev–Trinajstić information content (AvgIpc) is 2.98. The standard InChI is InChI=1S/C20H30N4O2/c1-6-21-20(22-12-11-17-9-7-8-10-18(17)25-5)23-13-14(2)19-15(3)24-26-16(19)4/h7-10,14H,6,11-13H2,1-5H3,(H2,21,22,23). The van der Waals surface area contributed by atoms with Crippen molar-refractivity contribution in [1.29, 1.82) is 0 Å². The van der Waals surface area contributed by atoms with Gasteiger partial charge in [-0.3, -0.25) is 4.99 Å². The Morgan fingerprint density at radius 1 is 1.27 bits per heavy atom. The molecule has 0 radical (unpaired) electrons. The number of nitrogens with zero attached hydrogens (tertiary/aromatic N) is 2. The zero-order valence-electron chi connectivity index (χ0n) is 16.4. The van der Waals surface area contributed by atoms with Crippen LogP contribution in [0.5, 0.6) is 5.75 Å². The molecule has 0 amide bonds. The number of aliphatic imine (C=N–C) groups is 1. The molecule has 2 aromatic rings. The molecule has 1 unspecified atom stereocenters. The molecule has 1 atom stereocenters. The highest BCUT2D eigenvalue weighted by Gasteiger charge is 2.16. The molecule has 0 fully saturated rings. The van der Waals surface area contributed by atoms with E-state index in [0.717, 1.165) is 48.2 Å². The lowest BCUT2D eigenvalue weighted by molar-refractivity contribution is 0.391. The van der Waals surface area contributed by atoms with Crippen LogP contribution in [0.15, 0.2) is 33.8 Å². The molecule has 0 aliphatic heterocycles. The van der Waals surface area contributed by atoms with Crippen LogP contribution in [0.1, 0.15) is 42.3 Å². The van der Waals surface area contributed by atoms with Crippen LogP contribution < -0.4 is 15.4 Å². The van der Waals surface area contributed by atoms with Gasteiger partial charge in [-0.1, -0.05) is 30.3 Å². The van der Waals surface area contributed by atoms with E-state index in [2.05, 4.69) is 35.7 Å². The molecule has 0 aliphatic carbocycles. The Labute approximate surface area is 156 Å². The molecule has 0 saturated heterocycles. The summed E-state index contributed by atoms with van der Waals surface area (Å²) in [6, 6.07) is 8.09. The van der Waals surface area contributed by atoms with Crippen molar-refractivity contribution >= 4 is 5.96 Å². The number of nitrogens with one attached hydrogen (secondary N) is 2. The fourth-order valence-electron chi connectivity index (χ4n) is 3.08. The Balaban J connectivity index is 1.94. The molecule has 2 N–H and O–H groups in total. The zero-order valence-corrected chi connectivity index (χ0v) is 16.4.